The number of aliphatic hydroxyl groups excluding tert-OH is 8. The van der Waals surface area contributed by atoms with Crippen LogP contribution >= 0.6 is 0 Å². The average Bonchev–Trinajstić information content (AvgIpc) is 3.24. The molecule has 0 aromatic heterocycles. The molecule has 9 N–H and O–H groups in total. The van der Waals surface area contributed by atoms with Crippen LogP contribution in [0.4, 0.5) is 0 Å². The summed E-state index contributed by atoms with van der Waals surface area (Å²) in [5.74, 6) is -0.217. The second-order valence-corrected chi connectivity index (χ2v) is 17.2. The minimum Gasteiger partial charge on any atom is -0.394 e. The molecule has 14 heteroatoms. The van der Waals surface area contributed by atoms with Gasteiger partial charge in [-0.25, -0.2) is 0 Å². The molecule has 12 atom stereocenters. The molecule has 0 aromatic rings. The molecule has 0 aromatic carbocycles. The summed E-state index contributed by atoms with van der Waals surface area (Å²) in [7, 11) is 0. The third kappa shape index (κ3) is 21.9. The molecule has 0 radical (unpaired) electrons. The summed E-state index contributed by atoms with van der Waals surface area (Å²) in [6.45, 7) is 2.81. The van der Waals surface area contributed by atoms with Crippen molar-refractivity contribution in [2.75, 3.05) is 19.8 Å². The zero-order valence-corrected chi connectivity index (χ0v) is 37.2. The Kier molecular flexibility index (Phi) is 31.3. The number of carbonyl (C=O) groups excluding carboxylic acids is 1. The maximum absolute atomic E-state index is 13.1. The summed E-state index contributed by atoms with van der Waals surface area (Å²) in [4.78, 5) is 13.1. The van der Waals surface area contributed by atoms with Crippen LogP contribution in [-0.4, -0.2) is 140 Å². The van der Waals surface area contributed by atoms with Gasteiger partial charge in [-0.05, 0) is 38.5 Å². The quantitative estimate of drug-likeness (QED) is 0.0292. The van der Waals surface area contributed by atoms with E-state index in [1.165, 1.54) is 83.5 Å². The lowest BCUT2D eigenvalue weighted by Crippen LogP contribution is -2.65. The van der Waals surface area contributed by atoms with Crippen LogP contribution in [-0.2, 0) is 23.7 Å². The Labute approximate surface area is 361 Å². The van der Waals surface area contributed by atoms with Crippen molar-refractivity contribution in [2.45, 2.75) is 254 Å². The van der Waals surface area contributed by atoms with Crippen LogP contribution < -0.4 is 5.32 Å². The summed E-state index contributed by atoms with van der Waals surface area (Å²) in [6, 6.07) is -0.827. The first-order valence-corrected chi connectivity index (χ1v) is 23.9. The van der Waals surface area contributed by atoms with E-state index in [4.69, 9.17) is 18.9 Å². The number of hydrogen-bond donors (Lipinski definition) is 9. The van der Waals surface area contributed by atoms with Gasteiger partial charge < -0.3 is 65.1 Å². The lowest BCUT2D eigenvalue weighted by atomic mass is 9.97. The molecule has 2 aliphatic rings. The minimum absolute atomic E-state index is 0.217. The molecule has 2 fully saturated rings. The van der Waals surface area contributed by atoms with Gasteiger partial charge in [0.05, 0.1) is 32.0 Å². The van der Waals surface area contributed by atoms with Gasteiger partial charge in [-0.2, -0.15) is 0 Å². The second-order valence-electron chi connectivity index (χ2n) is 17.2. The number of unbranched alkanes of at least 4 members (excludes halogenated alkanes) is 21. The van der Waals surface area contributed by atoms with Crippen LogP contribution in [0, 0.1) is 0 Å². The van der Waals surface area contributed by atoms with Crippen molar-refractivity contribution in [2.24, 2.45) is 0 Å². The molecule has 0 aliphatic carbocycles. The molecular formula is C46H87NO13. The first kappa shape index (κ1) is 54.9. The summed E-state index contributed by atoms with van der Waals surface area (Å²) in [6.07, 6.45) is 16.4. The monoisotopic (exact) mass is 862 g/mol. The van der Waals surface area contributed by atoms with Crippen molar-refractivity contribution in [3.8, 4) is 0 Å². The Hall–Kier alpha value is -1.27. The predicted molar refractivity (Wildman–Crippen MR) is 231 cm³/mol. The number of hydrogen-bond acceptors (Lipinski definition) is 13. The molecule has 14 nitrogen and oxygen atoms in total. The van der Waals surface area contributed by atoms with E-state index in [1.807, 2.05) is 0 Å². The summed E-state index contributed by atoms with van der Waals surface area (Å²) < 4.78 is 22.7. The van der Waals surface area contributed by atoms with Crippen molar-refractivity contribution in [1.29, 1.82) is 0 Å². The van der Waals surface area contributed by atoms with Crippen LogP contribution in [0.1, 0.15) is 181 Å². The molecule has 2 rings (SSSR count). The van der Waals surface area contributed by atoms with Gasteiger partial charge in [0.15, 0.2) is 12.6 Å². The Bertz CT molecular complexity index is 1070. The number of ether oxygens (including phenoxy) is 4. The van der Waals surface area contributed by atoms with E-state index in [0.717, 1.165) is 64.2 Å². The van der Waals surface area contributed by atoms with E-state index in [0.29, 0.717) is 19.3 Å². The number of aliphatic hydroxyl groups is 8. The van der Waals surface area contributed by atoms with Crippen LogP contribution in [0.2, 0.25) is 0 Å². The number of amides is 1. The van der Waals surface area contributed by atoms with Gasteiger partial charge in [-0.3, -0.25) is 4.79 Å². The van der Waals surface area contributed by atoms with Gasteiger partial charge in [-0.1, -0.05) is 148 Å². The molecule has 0 bridgehead atoms. The largest absolute Gasteiger partial charge is 0.394 e. The molecule has 60 heavy (non-hydrogen) atoms. The zero-order valence-electron chi connectivity index (χ0n) is 37.2. The lowest BCUT2D eigenvalue weighted by Gasteiger charge is -2.46. The van der Waals surface area contributed by atoms with Crippen molar-refractivity contribution < 1.29 is 64.6 Å². The van der Waals surface area contributed by atoms with Gasteiger partial charge in [0.1, 0.15) is 48.8 Å². The average molecular weight is 862 g/mol. The van der Waals surface area contributed by atoms with Gasteiger partial charge in [0, 0.05) is 6.42 Å². The molecule has 12 unspecified atom stereocenters. The number of rotatable bonds is 36. The van der Waals surface area contributed by atoms with Gasteiger partial charge in [0.2, 0.25) is 5.91 Å². The van der Waals surface area contributed by atoms with Crippen LogP contribution in [0.15, 0.2) is 12.2 Å². The highest BCUT2D eigenvalue weighted by atomic mass is 16.7. The van der Waals surface area contributed by atoms with Crippen molar-refractivity contribution >= 4 is 5.91 Å². The maximum atomic E-state index is 13.1. The van der Waals surface area contributed by atoms with E-state index < -0.39 is 86.8 Å². The fraction of sp³-hybridized carbons (Fsp3) is 0.935. The Morgan fingerprint density at radius 1 is 0.583 bits per heavy atom. The Morgan fingerprint density at radius 3 is 1.60 bits per heavy atom. The molecular weight excluding hydrogens is 774 g/mol. The normalized spacial score (nSPS) is 28.3. The van der Waals surface area contributed by atoms with Crippen LogP contribution in [0.3, 0.4) is 0 Å². The van der Waals surface area contributed by atoms with Crippen molar-refractivity contribution in [3.63, 3.8) is 0 Å². The zero-order chi connectivity index (χ0) is 44.0. The standard InChI is InChI=1S/C46H87NO13/c1-3-5-7-9-11-13-15-17-19-21-23-25-27-29-35(50)34(47-38(51)30-28-26-24-22-20-18-16-14-12-10-8-6-4-2)33-57-45-43(56)41(54)44(37(32-49)59-45)60-46-42(55)40(53)39(52)36(31-48)58-46/h14,16,34-37,39-46,48-50,52-56H,3-13,15,17-33H2,1-2H3,(H,47,51)/b16-14-. The molecule has 2 saturated heterocycles. The summed E-state index contributed by atoms with van der Waals surface area (Å²) in [5.41, 5.74) is 0. The Morgan fingerprint density at radius 2 is 1.05 bits per heavy atom. The fourth-order valence-corrected chi connectivity index (χ4v) is 7.99. The van der Waals surface area contributed by atoms with Gasteiger partial charge in [0.25, 0.3) is 0 Å². The second kappa shape index (κ2) is 34.2. The van der Waals surface area contributed by atoms with Crippen molar-refractivity contribution in [3.05, 3.63) is 12.2 Å². The summed E-state index contributed by atoms with van der Waals surface area (Å²) in [5, 5.41) is 86.7. The smallest absolute Gasteiger partial charge is 0.220 e. The molecule has 1 amide bonds. The molecule has 2 heterocycles. The van der Waals surface area contributed by atoms with Gasteiger partial charge in [-0.15, -0.1) is 0 Å². The molecule has 354 valence electrons. The van der Waals surface area contributed by atoms with Gasteiger partial charge >= 0.3 is 0 Å². The van der Waals surface area contributed by atoms with Crippen LogP contribution in [0.25, 0.3) is 0 Å². The fourth-order valence-electron chi connectivity index (χ4n) is 7.99. The van der Waals surface area contributed by atoms with E-state index >= 15 is 0 Å². The third-order valence-corrected chi connectivity index (χ3v) is 12.0. The highest BCUT2D eigenvalue weighted by Crippen LogP contribution is 2.30. The Balaban J connectivity index is 1.87. The lowest BCUT2D eigenvalue weighted by molar-refractivity contribution is -0.359. The van der Waals surface area contributed by atoms with E-state index in [1.54, 1.807) is 0 Å². The third-order valence-electron chi connectivity index (χ3n) is 12.0. The van der Waals surface area contributed by atoms with E-state index in [9.17, 15) is 45.6 Å². The minimum atomic E-state index is -1.78. The first-order chi connectivity index (χ1) is 29.1. The van der Waals surface area contributed by atoms with Crippen molar-refractivity contribution in [1.82, 2.24) is 5.32 Å². The molecule has 0 saturated carbocycles. The number of carbonyl (C=O) groups is 1. The maximum Gasteiger partial charge on any atom is 0.220 e. The van der Waals surface area contributed by atoms with E-state index in [2.05, 4.69) is 31.3 Å². The summed E-state index contributed by atoms with van der Waals surface area (Å²) >= 11 is 0. The van der Waals surface area contributed by atoms with Crippen LogP contribution in [0.5, 0.6) is 0 Å². The predicted octanol–water partition coefficient (Wildman–Crippen LogP) is 5.21. The molecule has 0 spiro atoms. The highest BCUT2D eigenvalue weighted by molar-refractivity contribution is 5.76. The van der Waals surface area contributed by atoms with E-state index in [-0.39, 0.29) is 12.5 Å². The first-order valence-electron chi connectivity index (χ1n) is 23.9. The topological polar surface area (TPSA) is 228 Å². The molecule has 2 aliphatic heterocycles. The highest BCUT2D eigenvalue weighted by Gasteiger charge is 2.51. The number of allylic oxidation sites excluding steroid dienone is 2. The number of nitrogens with one attached hydrogen (secondary N) is 1. The SMILES string of the molecule is CCCCCC/C=C\CCCCCCCC(=O)NC(COC1OC(CO)C(OC2OC(CO)C(O)C(O)C2O)C(O)C1O)C(O)CCCCCCCCCCCCCCC.